The van der Waals surface area contributed by atoms with Crippen LogP contribution < -0.4 is 15.4 Å². The topological polar surface area (TPSA) is 152 Å². The van der Waals surface area contributed by atoms with Crippen molar-refractivity contribution in [2.24, 2.45) is 11.7 Å². The van der Waals surface area contributed by atoms with E-state index in [1.54, 1.807) is 18.2 Å². The lowest BCUT2D eigenvalue weighted by molar-refractivity contribution is -0.133. The molecule has 0 bridgehead atoms. The van der Waals surface area contributed by atoms with Gasteiger partial charge in [0.25, 0.3) is 16.0 Å². The molecule has 5 rings (SSSR count). The number of anilines is 1. The van der Waals surface area contributed by atoms with Crippen molar-refractivity contribution in [2.75, 3.05) is 37.7 Å². The van der Waals surface area contributed by atoms with Gasteiger partial charge >= 0.3 is 6.01 Å². The lowest BCUT2D eigenvalue weighted by atomic mass is 9.92. The summed E-state index contributed by atoms with van der Waals surface area (Å²) in [4.78, 5) is 19.9. The number of piperidine rings is 1. The molecule has 15 heteroatoms. The van der Waals surface area contributed by atoms with Gasteiger partial charge in [0.2, 0.25) is 5.91 Å². The Bertz CT molecular complexity index is 1610. The summed E-state index contributed by atoms with van der Waals surface area (Å²) in [6.45, 7) is 7.47. The number of alkyl halides is 2. The Morgan fingerprint density at radius 2 is 1.83 bits per heavy atom. The van der Waals surface area contributed by atoms with Crippen LogP contribution in [-0.2, 0) is 21.3 Å². The van der Waals surface area contributed by atoms with Crippen LogP contribution in [0.25, 0.3) is 0 Å². The molecule has 1 aromatic heterocycles. The van der Waals surface area contributed by atoms with Gasteiger partial charge in [0, 0.05) is 38.0 Å². The van der Waals surface area contributed by atoms with Gasteiger partial charge in [0.1, 0.15) is 11.6 Å². The molecule has 3 aromatic rings. The molecule has 2 saturated heterocycles. The smallest absolute Gasteiger partial charge is 0.324 e. The first-order chi connectivity index (χ1) is 22.6. The van der Waals surface area contributed by atoms with Gasteiger partial charge in [-0.1, -0.05) is 42.8 Å². The van der Waals surface area contributed by atoms with Gasteiger partial charge in [-0.3, -0.25) is 9.35 Å². The number of nitrogens with zero attached hydrogens (tertiary/aromatic N) is 4. The number of carbonyl (C=O) groups is 1. The Balaban J connectivity index is 0.000000401. The summed E-state index contributed by atoms with van der Waals surface area (Å²) in [6.07, 6.45) is 3.51. The highest BCUT2D eigenvalue weighted by molar-refractivity contribution is 7.85. The molecule has 0 saturated carbocycles. The molecule has 2 aliphatic heterocycles. The fourth-order valence-corrected chi connectivity index (χ4v) is 6.02. The zero-order valence-electron chi connectivity index (χ0n) is 27.4. The summed E-state index contributed by atoms with van der Waals surface area (Å²) in [5.74, 6) is -2.04. The third-order valence-electron chi connectivity index (χ3n) is 8.44. The predicted molar refractivity (Wildman–Crippen MR) is 173 cm³/mol. The van der Waals surface area contributed by atoms with Crippen LogP contribution in [0.5, 0.6) is 5.75 Å². The van der Waals surface area contributed by atoms with Crippen LogP contribution in [0.1, 0.15) is 68.8 Å². The fraction of sp³-hybridized carbons (Fsp3) is 0.545. The highest BCUT2D eigenvalue weighted by Gasteiger charge is 2.41. The monoisotopic (exact) mass is 695 g/mol. The van der Waals surface area contributed by atoms with E-state index in [0.29, 0.717) is 24.3 Å². The zero-order chi connectivity index (χ0) is 35.1. The largest absolute Gasteiger partial charge is 0.493 e. The van der Waals surface area contributed by atoms with E-state index in [-0.39, 0.29) is 35.8 Å². The van der Waals surface area contributed by atoms with E-state index in [2.05, 4.69) is 15.0 Å². The molecule has 1 unspecified atom stereocenters. The molecule has 2 aromatic carbocycles. The first kappa shape index (κ1) is 37.1. The summed E-state index contributed by atoms with van der Waals surface area (Å²) in [6, 6.07) is 9.98. The Labute approximate surface area is 279 Å². The number of rotatable bonds is 11. The van der Waals surface area contributed by atoms with Crippen molar-refractivity contribution in [1.29, 1.82) is 0 Å². The third-order valence-corrected chi connectivity index (χ3v) is 9.31. The second-order valence-corrected chi connectivity index (χ2v) is 14.2. The molecule has 2 aliphatic rings. The molecule has 48 heavy (non-hydrogen) atoms. The minimum Gasteiger partial charge on any atom is -0.493 e. The second kappa shape index (κ2) is 16.1. The molecule has 0 spiro atoms. The summed E-state index contributed by atoms with van der Waals surface area (Å²) < 4.78 is 82.0. The second-order valence-electron chi connectivity index (χ2n) is 12.7. The van der Waals surface area contributed by atoms with Crippen LogP contribution in [-0.4, -0.2) is 78.7 Å². The molecule has 1 atom stereocenters. The van der Waals surface area contributed by atoms with E-state index in [9.17, 15) is 26.4 Å². The van der Waals surface area contributed by atoms with Crippen molar-refractivity contribution in [3.05, 3.63) is 65.2 Å². The van der Waals surface area contributed by atoms with Gasteiger partial charge in [0.05, 0.1) is 24.1 Å². The number of aromatic nitrogens is 2. The van der Waals surface area contributed by atoms with Crippen molar-refractivity contribution in [2.45, 2.75) is 82.1 Å². The molecular weight excluding hydrogens is 651 g/mol. The first-order valence-electron chi connectivity index (χ1n) is 16.1. The average Bonchev–Trinajstić information content (AvgIpc) is 3.67. The predicted octanol–water partition coefficient (Wildman–Crippen LogP) is 5.39. The van der Waals surface area contributed by atoms with Crippen molar-refractivity contribution in [3.63, 3.8) is 0 Å². The van der Waals surface area contributed by atoms with E-state index in [4.69, 9.17) is 19.5 Å². The summed E-state index contributed by atoms with van der Waals surface area (Å²) >= 11 is 0. The van der Waals surface area contributed by atoms with Gasteiger partial charge in [-0.05, 0) is 68.7 Å². The molecule has 3 N–H and O–H groups in total. The molecule has 264 valence electrons. The van der Waals surface area contributed by atoms with E-state index >= 15 is 0 Å². The minimum absolute atomic E-state index is 0.0360. The van der Waals surface area contributed by atoms with Crippen molar-refractivity contribution < 1.29 is 40.2 Å². The highest BCUT2D eigenvalue weighted by Crippen LogP contribution is 2.28. The molecule has 3 heterocycles. The quantitative estimate of drug-likeness (QED) is 0.197. The maximum atomic E-state index is 14.6. The highest BCUT2D eigenvalue weighted by atomic mass is 32.2. The Hall–Kier alpha value is -3.69. The van der Waals surface area contributed by atoms with E-state index < -0.39 is 40.4 Å². The van der Waals surface area contributed by atoms with Gasteiger partial charge < -0.3 is 24.8 Å². The molecule has 2 fully saturated rings. The van der Waals surface area contributed by atoms with Crippen LogP contribution in [0.15, 0.2) is 51.9 Å². The minimum atomic E-state index is -4.02. The standard InChI is InChI=1S/C26H36F3N5O3.C7H8O3S/c1-17(2)23-31-25(37-32-23)33-10-7-18(8-11-33)4-3-13-36-20-6-5-19(21(27)15-20)14-22(30)24(35)34-12-9-26(28,29)16-34;1-6-2-4-7(5-3-6)11(8,9)10/h5-6,15,17-18,22H,3-4,7-14,16,30H2,1-2H3;2-5H,1H3,(H,8,9,10). The number of ether oxygens (including phenoxy) is 1. The van der Waals surface area contributed by atoms with Gasteiger partial charge in [-0.25, -0.2) is 13.2 Å². The summed E-state index contributed by atoms with van der Waals surface area (Å²) in [5, 5.41) is 4.03. The zero-order valence-corrected chi connectivity index (χ0v) is 28.3. The van der Waals surface area contributed by atoms with E-state index in [1.807, 2.05) is 20.8 Å². The number of carbonyl (C=O) groups excluding carboxylic acids is 1. The number of amides is 1. The number of aryl methyl sites for hydroxylation is 1. The molecule has 0 radical (unpaired) electrons. The molecular formula is C33H44F3N5O6S. The number of benzene rings is 2. The van der Waals surface area contributed by atoms with Crippen LogP contribution in [0, 0.1) is 18.7 Å². The summed E-state index contributed by atoms with van der Waals surface area (Å²) in [5.41, 5.74) is 7.11. The lowest BCUT2D eigenvalue weighted by Crippen LogP contribution is -2.44. The fourth-order valence-electron chi connectivity index (χ4n) is 5.54. The summed E-state index contributed by atoms with van der Waals surface area (Å²) in [7, 11) is -4.02. The number of hydrogen-bond acceptors (Lipinski definition) is 9. The van der Waals surface area contributed by atoms with Gasteiger partial charge in [0.15, 0.2) is 5.82 Å². The molecule has 11 nitrogen and oxygen atoms in total. The SMILES string of the molecule is CC(C)c1noc(N2CCC(CCCOc3ccc(CC(N)C(=O)N4CCC(F)(F)C4)c(F)c3)CC2)n1.Cc1ccc(S(=O)(=O)O)cc1. The average molecular weight is 696 g/mol. The molecule has 1 amide bonds. The van der Waals surface area contributed by atoms with Crippen LogP contribution in [0.3, 0.4) is 0 Å². The lowest BCUT2D eigenvalue weighted by Gasteiger charge is -2.30. The normalized spacial score (nSPS) is 17.3. The van der Waals surface area contributed by atoms with Gasteiger partial charge in [-0.15, -0.1) is 0 Å². The van der Waals surface area contributed by atoms with Crippen LogP contribution in [0.2, 0.25) is 0 Å². The van der Waals surface area contributed by atoms with Crippen LogP contribution in [0.4, 0.5) is 19.2 Å². The van der Waals surface area contributed by atoms with Gasteiger partial charge in [-0.2, -0.15) is 13.4 Å². The maximum Gasteiger partial charge on any atom is 0.324 e. The number of nitrogens with two attached hydrogens (primary N) is 1. The van der Waals surface area contributed by atoms with Crippen molar-refractivity contribution in [3.8, 4) is 5.75 Å². The Morgan fingerprint density at radius 1 is 1.15 bits per heavy atom. The van der Waals surface area contributed by atoms with Crippen molar-refractivity contribution >= 4 is 22.0 Å². The Morgan fingerprint density at radius 3 is 2.40 bits per heavy atom. The number of hydrogen-bond donors (Lipinski definition) is 2. The van der Waals surface area contributed by atoms with Crippen LogP contribution >= 0.6 is 0 Å². The maximum absolute atomic E-state index is 14.6. The third kappa shape index (κ3) is 10.7. The Kier molecular flexibility index (Phi) is 12.5. The number of likely N-dealkylation sites (tertiary alicyclic amines) is 1. The molecule has 0 aliphatic carbocycles. The number of halogens is 3. The van der Waals surface area contributed by atoms with E-state index in [0.717, 1.165) is 55.1 Å². The first-order valence-corrected chi connectivity index (χ1v) is 17.5. The van der Waals surface area contributed by atoms with Crippen molar-refractivity contribution in [1.82, 2.24) is 15.0 Å². The van der Waals surface area contributed by atoms with E-state index in [1.165, 1.54) is 24.3 Å².